The Balaban J connectivity index is 2.39. The number of hydrogen-bond acceptors (Lipinski definition) is 6. The molecule has 0 aromatic carbocycles. The zero-order valence-corrected chi connectivity index (χ0v) is 10.4. The van der Waals surface area contributed by atoms with Crippen molar-refractivity contribution in [1.82, 2.24) is 9.97 Å². The number of nitrogens with zero attached hydrogens (tertiary/aromatic N) is 4. The summed E-state index contributed by atoms with van der Waals surface area (Å²) in [6, 6.07) is 0. The molecule has 1 aliphatic rings. The van der Waals surface area contributed by atoms with E-state index in [1.54, 1.807) is 6.92 Å². The van der Waals surface area contributed by atoms with Crippen molar-refractivity contribution in [3.63, 3.8) is 0 Å². The molecule has 0 radical (unpaired) electrons. The molecule has 0 amide bonds. The normalized spacial score (nSPS) is 20.4. The second kappa shape index (κ2) is 4.93. The highest BCUT2D eigenvalue weighted by atomic mass is 35.5. The number of hydrogen-bond donors (Lipinski definition) is 0. The number of halogens is 1. The van der Waals surface area contributed by atoms with E-state index >= 15 is 0 Å². The van der Waals surface area contributed by atoms with Crippen LogP contribution in [0.25, 0.3) is 0 Å². The minimum atomic E-state index is 0.0947. The van der Waals surface area contributed by atoms with Gasteiger partial charge in [0.25, 0.3) is 0 Å². The van der Waals surface area contributed by atoms with Crippen LogP contribution >= 0.6 is 11.6 Å². The second-order valence-corrected chi connectivity index (χ2v) is 4.31. The molecule has 0 aliphatic carbocycles. The van der Waals surface area contributed by atoms with Gasteiger partial charge in [-0.15, -0.1) is 4.91 Å². The maximum absolute atomic E-state index is 10.8. The summed E-state index contributed by atoms with van der Waals surface area (Å²) in [6.07, 6.45) is 0.0947. The number of anilines is 1. The molecule has 1 atom stereocenters. The van der Waals surface area contributed by atoms with Gasteiger partial charge in [-0.25, -0.2) is 9.97 Å². The molecule has 17 heavy (non-hydrogen) atoms. The smallest absolute Gasteiger partial charge is 0.187 e. The molecule has 7 heteroatoms. The Hall–Kier alpha value is -1.27. The molecule has 2 rings (SSSR count). The Bertz CT molecular complexity index is 441. The second-order valence-electron chi connectivity index (χ2n) is 3.95. The zero-order chi connectivity index (χ0) is 12.4. The van der Waals surface area contributed by atoms with Gasteiger partial charge in [-0.3, -0.25) is 0 Å². The first-order valence-electron chi connectivity index (χ1n) is 5.36. The van der Waals surface area contributed by atoms with E-state index in [-0.39, 0.29) is 16.9 Å². The van der Waals surface area contributed by atoms with E-state index in [4.69, 9.17) is 16.3 Å². The average molecular weight is 257 g/mol. The molecule has 1 aromatic heterocycles. The Morgan fingerprint density at radius 1 is 1.53 bits per heavy atom. The van der Waals surface area contributed by atoms with Gasteiger partial charge in [-0.05, 0) is 19.0 Å². The summed E-state index contributed by atoms with van der Waals surface area (Å²) in [5.74, 6) is 1.02. The van der Waals surface area contributed by atoms with Crippen molar-refractivity contribution in [2.45, 2.75) is 20.0 Å². The monoisotopic (exact) mass is 256 g/mol. The van der Waals surface area contributed by atoms with Crippen LogP contribution in [-0.2, 0) is 4.74 Å². The van der Waals surface area contributed by atoms with E-state index in [0.29, 0.717) is 31.3 Å². The molecule has 92 valence electrons. The predicted octanol–water partition coefficient (Wildman–Crippen LogP) is 2.06. The largest absolute Gasteiger partial charge is 0.375 e. The first-order valence-corrected chi connectivity index (χ1v) is 5.73. The maximum Gasteiger partial charge on any atom is 0.187 e. The Labute approximate surface area is 104 Å². The lowest BCUT2D eigenvalue weighted by atomic mass is 10.3. The fourth-order valence-corrected chi connectivity index (χ4v) is 2.07. The fraction of sp³-hybridized carbons (Fsp3) is 0.600. The summed E-state index contributed by atoms with van der Waals surface area (Å²) < 4.78 is 5.44. The Morgan fingerprint density at radius 3 is 2.94 bits per heavy atom. The van der Waals surface area contributed by atoms with Crippen LogP contribution < -0.4 is 4.90 Å². The van der Waals surface area contributed by atoms with E-state index in [0.717, 1.165) is 0 Å². The van der Waals surface area contributed by atoms with Gasteiger partial charge in [0, 0.05) is 13.1 Å². The van der Waals surface area contributed by atoms with Gasteiger partial charge < -0.3 is 9.64 Å². The lowest BCUT2D eigenvalue weighted by Gasteiger charge is -2.32. The molecule has 0 bridgehead atoms. The van der Waals surface area contributed by atoms with Gasteiger partial charge in [-0.1, -0.05) is 11.6 Å². The summed E-state index contributed by atoms with van der Waals surface area (Å²) in [4.78, 5) is 20.9. The SMILES string of the molecule is Cc1nc(Cl)c(N=O)c(N2CCOC(C)C2)n1. The highest BCUT2D eigenvalue weighted by molar-refractivity contribution is 6.32. The summed E-state index contributed by atoms with van der Waals surface area (Å²) in [6.45, 7) is 5.62. The lowest BCUT2D eigenvalue weighted by molar-refractivity contribution is 0.0529. The lowest BCUT2D eigenvalue weighted by Crippen LogP contribution is -2.41. The Morgan fingerprint density at radius 2 is 2.29 bits per heavy atom. The first kappa shape index (κ1) is 12.2. The van der Waals surface area contributed by atoms with Crippen LogP contribution in [-0.4, -0.2) is 35.8 Å². The van der Waals surface area contributed by atoms with E-state index in [1.807, 2.05) is 11.8 Å². The van der Waals surface area contributed by atoms with E-state index < -0.39 is 0 Å². The van der Waals surface area contributed by atoms with Crippen LogP contribution in [0.5, 0.6) is 0 Å². The average Bonchev–Trinajstić information content (AvgIpc) is 2.28. The van der Waals surface area contributed by atoms with Crippen molar-refractivity contribution in [2.75, 3.05) is 24.6 Å². The number of morpholine rings is 1. The molecule has 0 N–H and O–H groups in total. The summed E-state index contributed by atoms with van der Waals surface area (Å²) >= 11 is 5.89. The van der Waals surface area contributed by atoms with Gasteiger partial charge in [0.05, 0.1) is 12.7 Å². The predicted molar refractivity (Wildman–Crippen MR) is 64.9 cm³/mol. The van der Waals surface area contributed by atoms with Gasteiger partial charge in [0.15, 0.2) is 16.7 Å². The van der Waals surface area contributed by atoms with Crippen molar-refractivity contribution >= 4 is 23.1 Å². The molecule has 1 saturated heterocycles. The van der Waals surface area contributed by atoms with Crippen molar-refractivity contribution in [1.29, 1.82) is 0 Å². The summed E-state index contributed by atoms with van der Waals surface area (Å²) in [5.41, 5.74) is 0.103. The summed E-state index contributed by atoms with van der Waals surface area (Å²) in [7, 11) is 0. The minimum absolute atomic E-state index is 0.0947. The molecule has 1 aliphatic heterocycles. The van der Waals surface area contributed by atoms with Gasteiger partial charge in [0.2, 0.25) is 0 Å². The van der Waals surface area contributed by atoms with Gasteiger partial charge in [0.1, 0.15) is 5.82 Å². The molecule has 0 spiro atoms. The summed E-state index contributed by atoms with van der Waals surface area (Å²) in [5, 5.41) is 3.02. The third kappa shape index (κ3) is 2.53. The molecule has 1 aromatic rings. The standard InChI is InChI=1S/C10H13ClN4O2/c1-6-5-15(3-4-17-6)10-8(14-16)9(11)12-7(2)13-10/h6H,3-5H2,1-2H3. The molecular formula is C10H13ClN4O2. The topological polar surface area (TPSA) is 67.7 Å². The molecular weight excluding hydrogens is 244 g/mol. The van der Waals surface area contributed by atoms with E-state index in [1.165, 1.54) is 0 Å². The highest BCUT2D eigenvalue weighted by Gasteiger charge is 2.23. The van der Waals surface area contributed by atoms with Crippen LogP contribution in [0.3, 0.4) is 0 Å². The van der Waals surface area contributed by atoms with Crippen LogP contribution in [0, 0.1) is 11.8 Å². The number of aryl methyl sites for hydroxylation is 1. The van der Waals surface area contributed by atoms with Crippen molar-refractivity contribution < 1.29 is 4.74 Å². The van der Waals surface area contributed by atoms with Crippen molar-refractivity contribution in [3.05, 3.63) is 15.9 Å². The van der Waals surface area contributed by atoms with E-state index in [9.17, 15) is 4.91 Å². The third-order valence-electron chi connectivity index (χ3n) is 2.57. The number of rotatable bonds is 2. The number of ether oxygens (including phenoxy) is 1. The number of aromatic nitrogens is 2. The van der Waals surface area contributed by atoms with Gasteiger partial charge >= 0.3 is 0 Å². The molecule has 2 heterocycles. The zero-order valence-electron chi connectivity index (χ0n) is 9.68. The van der Waals surface area contributed by atoms with Crippen LogP contribution in [0.15, 0.2) is 5.18 Å². The van der Waals surface area contributed by atoms with Crippen LogP contribution in [0.2, 0.25) is 5.15 Å². The minimum Gasteiger partial charge on any atom is -0.375 e. The third-order valence-corrected chi connectivity index (χ3v) is 2.83. The Kier molecular flexibility index (Phi) is 3.54. The molecule has 6 nitrogen and oxygen atoms in total. The number of nitroso groups, excluding NO2 is 1. The van der Waals surface area contributed by atoms with E-state index in [2.05, 4.69) is 15.1 Å². The van der Waals surface area contributed by atoms with Crippen LogP contribution in [0.4, 0.5) is 11.5 Å². The van der Waals surface area contributed by atoms with Crippen LogP contribution in [0.1, 0.15) is 12.7 Å². The molecule has 1 fully saturated rings. The molecule has 0 saturated carbocycles. The maximum atomic E-state index is 10.8. The van der Waals surface area contributed by atoms with Crippen molar-refractivity contribution in [2.24, 2.45) is 5.18 Å². The first-order chi connectivity index (χ1) is 8.11. The van der Waals surface area contributed by atoms with Gasteiger partial charge in [-0.2, -0.15) is 0 Å². The highest BCUT2D eigenvalue weighted by Crippen LogP contribution is 2.33. The quantitative estimate of drug-likeness (QED) is 0.598. The fourth-order valence-electron chi connectivity index (χ4n) is 1.83. The molecule has 1 unspecified atom stereocenters. The van der Waals surface area contributed by atoms with Crippen molar-refractivity contribution in [3.8, 4) is 0 Å².